The number of hydrogen-bond donors (Lipinski definition) is 3. The molecule has 5 heteroatoms. The molecule has 0 radical (unpaired) electrons. The normalized spacial score (nSPS) is 4.71. The van der Waals surface area contributed by atoms with Crippen molar-refractivity contribution < 1.29 is 19.7 Å². The van der Waals surface area contributed by atoms with Gasteiger partial charge in [0.2, 0.25) is 0 Å². The van der Waals surface area contributed by atoms with E-state index in [-0.39, 0.29) is 0 Å². The van der Waals surface area contributed by atoms with Gasteiger partial charge in [0.25, 0.3) is 0 Å². The number of rotatable bonds is 0. The highest BCUT2D eigenvalue weighted by Crippen LogP contribution is 1.66. The highest BCUT2D eigenvalue weighted by atomic mass is 31.1. The van der Waals surface area contributed by atoms with Crippen molar-refractivity contribution in [2.45, 2.75) is 0 Å². The van der Waals surface area contributed by atoms with Gasteiger partial charge in [-0.2, -0.15) is 4.89 Å². The topological polar surface area (TPSA) is 77.8 Å². The maximum absolute atomic E-state index is 8.51. The van der Waals surface area contributed by atoms with Gasteiger partial charge in [-0.05, 0) is 4.57 Å². The highest BCUT2D eigenvalue weighted by molar-refractivity contribution is 7.16. The fourth-order valence-electron chi connectivity index (χ4n) is 0. The average molecular weight is 129 g/mol. The van der Waals surface area contributed by atoms with Crippen LogP contribution in [0.3, 0.4) is 0 Å². The number of aliphatic hydroxyl groups is 2. The van der Waals surface area contributed by atoms with E-state index in [1.165, 1.54) is 0 Å². The van der Waals surface area contributed by atoms with Crippen molar-refractivity contribution in [3.8, 4) is 0 Å². The SMILES string of the molecule is CO.CO.O=[PH+]O. The highest BCUT2D eigenvalue weighted by Gasteiger charge is 1.45. The third kappa shape index (κ3) is 237000. The fourth-order valence-corrected chi connectivity index (χ4v) is 0. The second-order valence-corrected chi connectivity index (χ2v) is 0.274. The van der Waals surface area contributed by atoms with Crippen molar-refractivity contribution in [3.63, 3.8) is 0 Å². The van der Waals surface area contributed by atoms with Crippen molar-refractivity contribution in [2.75, 3.05) is 14.2 Å². The van der Waals surface area contributed by atoms with E-state index in [1.807, 2.05) is 0 Å². The second kappa shape index (κ2) is 154. The summed E-state index contributed by atoms with van der Waals surface area (Å²) in [5.74, 6) is 0. The molecule has 0 aromatic carbocycles. The molecule has 3 N–H and O–H groups in total. The molecule has 7 heavy (non-hydrogen) atoms. The molecule has 46 valence electrons. The third-order valence-corrected chi connectivity index (χ3v) is 0. The van der Waals surface area contributed by atoms with Crippen molar-refractivity contribution >= 4 is 8.69 Å². The smallest absolute Gasteiger partial charge is 0.400 e. The molecule has 0 rings (SSSR count). The molecule has 0 heterocycles. The number of aliphatic hydroxyl groups excluding tert-OH is 2. The summed E-state index contributed by atoms with van der Waals surface area (Å²) in [6.45, 7) is 0. The first kappa shape index (κ1) is 15.8. The summed E-state index contributed by atoms with van der Waals surface area (Å²) >= 11 is 0. The van der Waals surface area contributed by atoms with Crippen LogP contribution in [0.4, 0.5) is 0 Å². The van der Waals surface area contributed by atoms with Crippen LogP contribution in [0.2, 0.25) is 0 Å². The van der Waals surface area contributed by atoms with Crippen LogP contribution in [0.5, 0.6) is 0 Å². The summed E-state index contributed by atoms with van der Waals surface area (Å²) in [5.41, 5.74) is 0. The molecule has 0 saturated carbocycles. The van der Waals surface area contributed by atoms with E-state index >= 15 is 0 Å². The lowest BCUT2D eigenvalue weighted by Crippen LogP contribution is -1.25. The Hall–Kier alpha value is -0.0200. The van der Waals surface area contributed by atoms with E-state index in [0.717, 1.165) is 14.2 Å². The van der Waals surface area contributed by atoms with Gasteiger partial charge < -0.3 is 10.2 Å². The Bertz CT molecular complexity index is 17.2. The van der Waals surface area contributed by atoms with Gasteiger partial charge in [-0.1, -0.05) is 0 Å². The zero-order chi connectivity index (χ0) is 6.71. The second-order valence-electron chi connectivity index (χ2n) is 0.0913. The lowest BCUT2D eigenvalue weighted by Gasteiger charge is -1.21. The molecule has 0 saturated heterocycles. The summed E-state index contributed by atoms with van der Waals surface area (Å²) in [7, 11) is 0.833. The molecular weight excluding hydrogens is 119 g/mol. The van der Waals surface area contributed by atoms with Gasteiger partial charge in [-0.25, -0.2) is 0 Å². The molecule has 0 bridgehead atoms. The van der Waals surface area contributed by atoms with Gasteiger partial charge in [0.1, 0.15) is 0 Å². The van der Waals surface area contributed by atoms with Crippen molar-refractivity contribution in [3.05, 3.63) is 0 Å². The van der Waals surface area contributed by atoms with Gasteiger partial charge >= 0.3 is 8.69 Å². The minimum Gasteiger partial charge on any atom is -0.400 e. The minimum atomic E-state index is -1.17. The molecule has 0 aromatic rings. The minimum absolute atomic E-state index is 1.00. The zero-order valence-corrected chi connectivity index (χ0v) is 5.25. The molecule has 1 unspecified atom stereocenters. The van der Waals surface area contributed by atoms with E-state index < -0.39 is 8.69 Å². The van der Waals surface area contributed by atoms with Crippen LogP contribution in [0.15, 0.2) is 0 Å². The predicted molar refractivity (Wildman–Crippen MR) is 27.5 cm³/mol. The van der Waals surface area contributed by atoms with E-state index in [1.54, 1.807) is 0 Å². The van der Waals surface area contributed by atoms with Crippen molar-refractivity contribution in [2.24, 2.45) is 0 Å². The Kier molecular flexibility index (Phi) is 348. The van der Waals surface area contributed by atoms with E-state index in [2.05, 4.69) is 0 Å². The third-order valence-electron chi connectivity index (χ3n) is 0. The zero-order valence-electron chi connectivity index (χ0n) is 4.25. The first-order valence-corrected chi connectivity index (χ1v) is 2.18. The molecule has 0 aromatic heterocycles. The van der Waals surface area contributed by atoms with Crippen LogP contribution in [0.1, 0.15) is 0 Å². The predicted octanol–water partition coefficient (Wildman–Crippen LogP) is -0.865. The van der Waals surface area contributed by atoms with E-state index in [9.17, 15) is 0 Å². The Morgan fingerprint density at radius 2 is 1.14 bits per heavy atom. The largest absolute Gasteiger partial charge is 0.491 e. The molecule has 0 aliphatic rings. The summed E-state index contributed by atoms with van der Waals surface area (Å²) in [4.78, 5) is 7.04. The van der Waals surface area contributed by atoms with E-state index in [0.29, 0.717) is 0 Å². The molecule has 4 nitrogen and oxygen atoms in total. The Morgan fingerprint density at radius 1 is 1.14 bits per heavy atom. The monoisotopic (exact) mass is 129 g/mol. The maximum atomic E-state index is 8.51. The van der Waals surface area contributed by atoms with Gasteiger partial charge in [-0.15, -0.1) is 0 Å². The summed E-state index contributed by atoms with van der Waals surface area (Å²) in [6, 6.07) is 0. The fraction of sp³-hybridized carbons (Fsp3) is 1.00. The van der Waals surface area contributed by atoms with Crippen molar-refractivity contribution in [1.29, 1.82) is 0 Å². The summed E-state index contributed by atoms with van der Waals surface area (Å²) in [6.07, 6.45) is 0. The quantitative estimate of drug-likeness (QED) is 0.372. The van der Waals surface area contributed by atoms with Crippen LogP contribution in [-0.2, 0) is 4.57 Å². The van der Waals surface area contributed by atoms with Gasteiger partial charge in [-0.3, -0.25) is 0 Å². The van der Waals surface area contributed by atoms with Gasteiger partial charge in [0.05, 0.1) is 0 Å². The molecule has 0 aliphatic heterocycles. The standard InChI is InChI=1S/2CH4O.HO2P/c2*1-2;1-3-2/h2*2H,1H3;3H/p+1. The molecule has 0 amide bonds. The molecular formula is C2H10O4P+. The lowest BCUT2D eigenvalue weighted by molar-refractivity contribution is 0.399. The molecule has 0 aliphatic carbocycles. The Labute approximate surface area is 43.7 Å². The van der Waals surface area contributed by atoms with Gasteiger partial charge in [0, 0.05) is 14.2 Å². The molecule has 0 fully saturated rings. The van der Waals surface area contributed by atoms with Crippen LogP contribution in [0.25, 0.3) is 0 Å². The summed E-state index contributed by atoms with van der Waals surface area (Å²) in [5, 5.41) is 14.0. The summed E-state index contributed by atoms with van der Waals surface area (Å²) < 4.78 is 8.51. The van der Waals surface area contributed by atoms with E-state index in [4.69, 9.17) is 19.7 Å². The first-order valence-electron chi connectivity index (χ1n) is 1.32. The molecule has 1 atom stereocenters. The lowest BCUT2D eigenvalue weighted by atomic mass is 11.8. The van der Waals surface area contributed by atoms with Crippen molar-refractivity contribution in [1.82, 2.24) is 0 Å². The van der Waals surface area contributed by atoms with Crippen LogP contribution in [0, 0.1) is 0 Å². The Morgan fingerprint density at radius 3 is 1.14 bits per heavy atom. The van der Waals surface area contributed by atoms with Crippen LogP contribution in [-0.4, -0.2) is 29.3 Å². The first-order chi connectivity index (χ1) is 3.41. The Balaban J connectivity index is -0.0000000360. The average Bonchev–Trinajstić information content (AvgIpc) is 1.78. The number of hydrogen-bond acceptors (Lipinski definition) is 3. The van der Waals surface area contributed by atoms with Crippen LogP contribution < -0.4 is 0 Å². The van der Waals surface area contributed by atoms with Crippen LogP contribution >= 0.6 is 8.69 Å². The molecule has 0 spiro atoms. The maximum Gasteiger partial charge on any atom is 0.491 e. The van der Waals surface area contributed by atoms with Gasteiger partial charge in [0.15, 0.2) is 0 Å².